The molecule has 0 aliphatic carbocycles. The normalized spacial score (nSPS) is 18.6. The first-order valence-corrected chi connectivity index (χ1v) is 6.23. The Bertz CT molecular complexity index is 436. The Morgan fingerprint density at radius 3 is 3.06 bits per heavy atom. The summed E-state index contributed by atoms with van der Waals surface area (Å²) in [5, 5.41) is 8.60. The quantitative estimate of drug-likeness (QED) is 0.753. The molecule has 0 N–H and O–H groups in total. The van der Waals surface area contributed by atoms with Gasteiger partial charge in [0.15, 0.2) is 0 Å². The zero-order valence-corrected chi connectivity index (χ0v) is 10.2. The van der Waals surface area contributed by atoms with Crippen LogP contribution in [0.5, 0.6) is 5.75 Å². The minimum absolute atomic E-state index is 0.0432. The van der Waals surface area contributed by atoms with Gasteiger partial charge in [-0.05, 0) is 37.8 Å². The zero-order valence-electron chi connectivity index (χ0n) is 10.2. The monoisotopic (exact) mass is 249 g/mol. The number of nitriles is 1. The predicted octanol–water partition coefficient (Wildman–Crippen LogP) is 3.04. The Labute approximate surface area is 106 Å². The van der Waals surface area contributed by atoms with Crippen LogP contribution in [0.15, 0.2) is 18.2 Å². The Morgan fingerprint density at radius 1 is 1.50 bits per heavy atom. The van der Waals surface area contributed by atoms with E-state index in [4.69, 9.17) is 14.7 Å². The van der Waals surface area contributed by atoms with Crippen molar-refractivity contribution < 1.29 is 13.9 Å². The first-order valence-electron chi connectivity index (χ1n) is 6.23. The molecule has 0 radical (unpaired) electrons. The molecule has 1 aliphatic heterocycles. The van der Waals surface area contributed by atoms with Crippen molar-refractivity contribution in [3.8, 4) is 11.8 Å². The number of hydrogen-bond acceptors (Lipinski definition) is 3. The Balaban J connectivity index is 1.73. The molecule has 1 heterocycles. The van der Waals surface area contributed by atoms with Gasteiger partial charge in [-0.25, -0.2) is 4.39 Å². The highest BCUT2D eigenvalue weighted by atomic mass is 19.1. The maximum atomic E-state index is 13.3. The lowest BCUT2D eigenvalue weighted by molar-refractivity contribution is 0.0981. The Morgan fingerprint density at radius 2 is 2.39 bits per heavy atom. The van der Waals surface area contributed by atoms with E-state index in [0.717, 1.165) is 32.3 Å². The summed E-state index contributed by atoms with van der Waals surface area (Å²) in [7, 11) is 0. The summed E-state index contributed by atoms with van der Waals surface area (Å²) in [6.07, 6.45) is 4.52. The largest absolute Gasteiger partial charge is 0.493 e. The number of rotatable bonds is 5. The summed E-state index contributed by atoms with van der Waals surface area (Å²) in [5.41, 5.74) is 0.0432. The van der Waals surface area contributed by atoms with Crippen LogP contribution in [0, 0.1) is 17.1 Å². The van der Waals surface area contributed by atoms with Crippen molar-refractivity contribution in [1.29, 1.82) is 5.26 Å². The number of hydrogen-bond donors (Lipinski definition) is 0. The lowest BCUT2D eigenvalue weighted by Crippen LogP contribution is -2.07. The second-order valence-corrected chi connectivity index (χ2v) is 4.38. The van der Waals surface area contributed by atoms with Crippen LogP contribution in [0.4, 0.5) is 4.39 Å². The molecule has 18 heavy (non-hydrogen) atoms. The van der Waals surface area contributed by atoms with E-state index in [1.165, 1.54) is 12.1 Å². The van der Waals surface area contributed by atoms with E-state index in [9.17, 15) is 4.39 Å². The maximum absolute atomic E-state index is 13.3. The second-order valence-electron chi connectivity index (χ2n) is 4.38. The molecule has 1 aromatic rings. The minimum atomic E-state index is -0.533. The molecule has 0 aromatic heterocycles. The highest BCUT2D eigenvalue weighted by Gasteiger charge is 2.14. The van der Waals surface area contributed by atoms with Crippen LogP contribution in [-0.4, -0.2) is 19.3 Å². The molecule has 96 valence electrons. The third-order valence-corrected chi connectivity index (χ3v) is 3.02. The van der Waals surface area contributed by atoms with Crippen LogP contribution in [0.25, 0.3) is 0 Å². The van der Waals surface area contributed by atoms with Crippen molar-refractivity contribution in [2.75, 3.05) is 13.2 Å². The first kappa shape index (κ1) is 12.8. The minimum Gasteiger partial charge on any atom is -0.493 e. The molecule has 1 aromatic carbocycles. The van der Waals surface area contributed by atoms with Crippen LogP contribution in [0.2, 0.25) is 0 Å². The summed E-state index contributed by atoms with van der Waals surface area (Å²) in [6.45, 7) is 1.41. The van der Waals surface area contributed by atoms with E-state index in [-0.39, 0.29) is 5.56 Å². The van der Waals surface area contributed by atoms with Crippen LogP contribution in [-0.2, 0) is 4.74 Å². The van der Waals surface area contributed by atoms with Crippen molar-refractivity contribution in [1.82, 2.24) is 0 Å². The van der Waals surface area contributed by atoms with Crippen molar-refractivity contribution in [2.45, 2.75) is 31.8 Å². The van der Waals surface area contributed by atoms with Gasteiger partial charge < -0.3 is 9.47 Å². The van der Waals surface area contributed by atoms with Crippen LogP contribution in [0.3, 0.4) is 0 Å². The molecule has 0 spiro atoms. The van der Waals surface area contributed by atoms with Gasteiger partial charge >= 0.3 is 0 Å². The highest BCUT2D eigenvalue weighted by molar-refractivity contribution is 5.36. The van der Waals surface area contributed by atoms with Crippen LogP contribution >= 0.6 is 0 Å². The van der Waals surface area contributed by atoms with Gasteiger partial charge in [0, 0.05) is 12.7 Å². The average molecular weight is 249 g/mol. The van der Waals surface area contributed by atoms with Gasteiger partial charge in [-0.2, -0.15) is 5.26 Å². The predicted molar refractivity (Wildman–Crippen MR) is 64.8 cm³/mol. The van der Waals surface area contributed by atoms with Gasteiger partial charge in [-0.15, -0.1) is 0 Å². The number of benzene rings is 1. The fourth-order valence-electron chi connectivity index (χ4n) is 2.05. The lowest BCUT2D eigenvalue weighted by atomic mass is 10.1. The van der Waals surface area contributed by atoms with Crippen molar-refractivity contribution in [3.63, 3.8) is 0 Å². The summed E-state index contributed by atoms with van der Waals surface area (Å²) in [6, 6.07) is 6.09. The van der Waals surface area contributed by atoms with Gasteiger partial charge in [0.25, 0.3) is 0 Å². The summed E-state index contributed by atoms with van der Waals surface area (Å²) >= 11 is 0. The van der Waals surface area contributed by atoms with Crippen LogP contribution in [0.1, 0.15) is 31.2 Å². The molecular weight excluding hydrogens is 233 g/mol. The van der Waals surface area contributed by atoms with Crippen LogP contribution < -0.4 is 4.74 Å². The SMILES string of the molecule is N#Cc1ccc(OCCCC2CCCO2)cc1F. The zero-order chi connectivity index (χ0) is 12.8. The Kier molecular flexibility index (Phi) is 4.54. The lowest BCUT2D eigenvalue weighted by Gasteiger charge is -2.10. The van der Waals surface area contributed by atoms with E-state index in [2.05, 4.69) is 0 Å². The fourth-order valence-corrected chi connectivity index (χ4v) is 2.05. The molecule has 0 saturated carbocycles. The molecule has 2 rings (SSSR count). The van der Waals surface area contributed by atoms with E-state index >= 15 is 0 Å². The molecule has 1 saturated heterocycles. The van der Waals surface area contributed by atoms with Crippen molar-refractivity contribution in [2.24, 2.45) is 0 Å². The second kappa shape index (κ2) is 6.36. The van der Waals surface area contributed by atoms with Gasteiger partial charge in [-0.3, -0.25) is 0 Å². The number of ether oxygens (including phenoxy) is 2. The van der Waals surface area contributed by atoms with E-state index < -0.39 is 5.82 Å². The average Bonchev–Trinajstić information content (AvgIpc) is 2.88. The molecule has 3 nitrogen and oxygen atoms in total. The smallest absolute Gasteiger partial charge is 0.144 e. The summed E-state index contributed by atoms with van der Waals surface area (Å²) in [4.78, 5) is 0. The topological polar surface area (TPSA) is 42.2 Å². The standard InChI is InChI=1S/C14H16FNO2/c15-14-9-13(6-5-11(14)10-16)18-8-2-4-12-3-1-7-17-12/h5-6,9,12H,1-4,7-8H2. The molecule has 1 unspecified atom stereocenters. The molecule has 1 atom stereocenters. The molecule has 0 amide bonds. The van der Waals surface area contributed by atoms with Gasteiger partial charge in [0.05, 0.1) is 18.3 Å². The number of nitrogens with zero attached hydrogens (tertiary/aromatic N) is 1. The summed E-state index contributed by atoms with van der Waals surface area (Å²) in [5.74, 6) is -0.0621. The third kappa shape index (κ3) is 3.44. The van der Waals surface area contributed by atoms with Gasteiger partial charge in [0.1, 0.15) is 17.6 Å². The number of halogens is 1. The molecule has 1 fully saturated rings. The fraction of sp³-hybridized carbons (Fsp3) is 0.500. The van der Waals surface area contributed by atoms with Crippen molar-refractivity contribution >= 4 is 0 Å². The van der Waals surface area contributed by atoms with E-state index in [0.29, 0.717) is 18.5 Å². The van der Waals surface area contributed by atoms with E-state index in [1.807, 2.05) is 0 Å². The Hall–Kier alpha value is -1.60. The molecule has 4 heteroatoms. The van der Waals surface area contributed by atoms with Crippen molar-refractivity contribution in [3.05, 3.63) is 29.6 Å². The molecular formula is C14H16FNO2. The van der Waals surface area contributed by atoms with E-state index in [1.54, 1.807) is 12.1 Å². The van der Waals surface area contributed by atoms with Gasteiger partial charge in [0.2, 0.25) is 0 Å². The summed E-state index contributed by atoms with van der Waals surface area (Å²) < 4.78 is 24.2. The maximum Gasteiger partial charge on any atom is 0.144 e. The third-order valence-electron chi connectivity index (χ3n) is 3.02. The highest BCUT2D eigenvalue weighted by Crippen LogP contribution is 2.19. The molecule has 0 bridgehead atoms. The van der Waals surface area contributed by atoms with Gasteiger partial charge in [-0.1, -0.05) is 0 Å². The molecule has 1 aliphatic rings. The first-order chi connectivity index (χ1) is 8.79.